The Morgan fingerprint density at radius 3 is 2.71 bits per heavy atom. The Morgan fingerprint density at radius 1 is 1.24 bits per heavy atom. The summed E-state index contributed by atoms with van der Waals surface area (Å²) in [5.74, 6) is 2.34. The van der Waals surface area contributed by atoms with Crippen LogP contribution in [0.2, 0.25) is 0 Å². The van der Waals surface area contributed by atoms with Gasteiger partial charge in [-0.25, -0.2) is 0 Å². The quantitative estimate of drug-likeness (QED) is 0.320. The van der Waals surface area contributed by atoms with E-state index in [1.165, 1.54) is 25.7 Å². The average molecular weight is 538 g/mol. The Morgan fingerprint density at radius 2 is 2.03 bits per heavy atom. The summed E-state index contributed by atoms with van der Waals surface area (Å²) in [6.07, 6.45) is 8.27. The molecule has 2 aromatic heterocycles. The van der Waals surface area contributed by atoms with Crippen LogP contribution in [0.3, 0.4) is 0 Å². The van der Waals surface area contributed by atoms with Crippen molar-refractivity contribution in [3.05, 3.63) is 30.0 Å². The molecule has 6 rings (SSSR count). The molecular formula is C27H36N7O3P. The number of anilines is 3. The standard InChI is InChI=1S/C27H36N7O3P/c1-36-23-12-21(38(35)10-8-34(9-11-38)20-16-37-17-20)6-7-22(23)31-27-32-25(29-14-18-4-2-3-5-18)24-19(13-28)15-30-26(24)33-27/h6-7,12,15,18,20,35,38H,2-5,8-11,14,16-17H2,1H3,(H3,29,30,31,32,33). The molecule has 0 unspecified atom stereocenters. The van der Waals surface area contributed by atoms with Crippen LogP contribution in [0.25, 0.3) is 11.0 Å². The van der Waals surface area contributed by atoms with Gasteiger partial charge in [-0.1, -0.05) is 12.8 Å². The van der Waals surface area contributed by atoms with Crippen LogP contribution >= 0.6 is 7.49 Å². The number of hydrogen-bond acceptors (Lipinski definition) is 9. The summed E-state index contributed by atoms with van der Waals surface area (Å²) >= 11 is 0. The van der Waals surface area contributed by atoms with Crippen molar-refractivity contribution < 1.29 is 14.4 Å². The molecule has 11 heteroatoms. The second-order valence-electron chi connectivity index (χ2n) is 10.8. The summed E-state index contributed by atoms with van der Waals surface area (Å²) in [5, 5.41) is 18.1. The third-order valence-electron chi connectivity index (χ3n) is 8.43. The zero-order chi connectivity index (χ0) is 26.1. The Hall–Kier alpha value is -2.96. The first-order valence-electron chi connectivity index (χ1n) is 13.6. The third kappa shape index (κ3) is 4.92. The molecule has 202 valence electrons. The molecule has 0 atom stereocenters. The predicted octanol–water partition coefficient (Wildman–Crippen LogP) is 3.18. The average Bonchev–Trinajstić information content (AvgIpc) is 3.58. The van der Waals surface area contributed by atoms with Crippen molar-refractivity contribution in [2.24, 2.45) is 5.92 Å². The number of ether oxygens (including phenoxy) is 2. The first-order valence-corrected chi connectivity index (χ1v) is 16.0. The Balaban J connectivity index is 1.23. The summed E-state index contributed by atoms with van der Waals surface area (Å²) in [5.41, 5.74) is 1.86. The van der Waals surface area contributed by atoms with Gasteiger partial charge in [0.2, 0.25) is 0 Å². The molecule has 10 nitrogen and oxygen atoms in total. The van der Waals surface area contributed by atoms with Gasteiger partial charge in [-0.05, 0) is 0 Å². The van der Waals surface area contributed by atoms with Gasteiger partial charge in [-0.2, -0.15) is 0 Å². The molecule has 3 aromatic rings. The molecule has 1 aliphatic carbocycles. The predicted molar refractivity (Wildman–Crippen MR) is 151 cm³/mol. The van der Waals surface area contributed by atoms with Gasteiger partial charge in [0.05, 0.1) is 0 Å². The van der Waals surface area contributed by atoms with Crippen LogP contribution in [0.1, 0.15) is 31.2 Å². The van der Waals surface area contributed by atoms with Crippen molar-refractivity contribution in [2.45, 2.75) is 31.7 Å². The van der Waals surface area contributed by atoms with E-state index in [-0.39, 0.29) is 0 Å². The fourth-order valence-corrected chi connectivity index (χ4v) is 8.88. The van der Waals surface area contributed by atoms with E-state index in [4.69, 9.17) is 14.5 Å². The second-order valence-corrected chi connectivity index (χ2v) is 14.4. The third-order valence-corrected chi connectivity index (χ3v) is 11.9. The summed E-state index contributed by atoms with van der Waals surface area (Å²) in [7, 11) is -0.952. The fraction of sp³-hybridized carbons (Fsp3) is 0.519. The van der Waals surface area contributed by atoms with Crippen LogP contribution in [0, 0.1) is 17.2 Å². The number of aromatic nitrogens is 3. The van der Waals surface area contributed by atoms with Crippen molar-refractivity contribution in [3.8, 4) is 11.8 Å². The number of methoxy groups -OCH3 is 1. The van der Waals surface area contributed by atoms with Crippen molar-refractivity contribution in [2.75, 3.05) is 62.9 Å². The summed E-state index contributed by atoms with van der Waals surface area (Å²) < 4.78 is 11.1. The minimum atomic E-state index is -2.59. The van der Waals surface area contributed by atoms with Gasteiger partial charge in [0.1, 0.15) is 0 Å². The van der Waals surface area contributed by atoms with Gasteiger partial charge >= 0.3 is 210 Å². The molecule has 0 spiro atoms. The molecule has 0 amide bonds. The van der Waals surface area contributed by atoms with Gasteiger partial charge in [-0.15, -0.1) is 0 Å². The monoisotopic (exact) mass is 537 g/mol. The molecule has 4 heterocycles. The van der Waals surface area contributed by atoms with Crippen molar-refractivity contribution in [3.63, 3.8) is 0 Å². The van der Waals surface area contributed by atoms with E-state index in [1.54, 1.807) is 13.3 Å². The summed E-state index contributed by atoms with van der Waals surface area (Å²) in [6, 6.07) is 8.68. The maximum absolute atomic E-state index is 11.6. The first-order chi connectivity index (χ1) is 18.6. The van der Waals surface area contributed by atoms with Crippen LogP contribution in [0.4, 0.5) is 17.5 Å². The minimum absolute atomic E-state index is 0.413. The van der Waals surface area contributed by atoms with E-state index in [0.29, 0.717) is 46.1 Å². The van der Waals surface area contributed by atoms with Gasteiger partial charge in [0, 0.05) is 0 Å². The molecule has 38 heavy (non-hydrogen) atoms. The van der Waals surface area contributed by atoms with Gasteiger partial charge in [-0.3, -0.25) is 0 Å². The molecule has 3 aliphatic rings. The zero-order valence-corrected chi connectivity index (χ0v) is 22.8. The van der Waals surface area contributed by atoms with E-state index >= 15 is 0 Å². The zero-order valence-electron chi connectivity index (χ0n) is 21.8. The number of nitrogens with zero attached hydrogens (tertiary/aromatic N) is 4. The summed E-state index contributed by atoms with van der Waals surface area (Å²) in [6.45, 7) is 4.25. The van der Waals surface area contributed by atoms with Crippen LogP contribution in [-0.2, 0) is 4.74 Å². The number of rotatable bonds is 8. The number of hydrogen-bond donors (Lipinski definition) is 4. The SMILES string of the molecule is COc1cc([PH]2(O)CCN(C3COC3)CC2)ccc1Nc1nc(NCC2CCCC2)c2c(C#N)c[nH]c2n1. The molecule has 1 saturated carbocycles. The fourth-order valence-electron chi connectivity index (χ4n) is 5.95. The number of H-pyrrole nitrogens is 1. The summed E-state index contributed by atoms with van der Waals surface area (Å²) in [4.78, 5) is 26.6. The number of fused-ring (bicyclic) bond motifs is 1. The molecule has 3 fully saturated rings. The van der Waals surface area contributed by atoms with Crippen LogP contribution in [-0.4, -0.2) is 83.1 Å². The number of aromatic amines is 1. The van der Waals surface area contributed by atoms with Crippen molar-refractivity contribution in [1.82, 2.24) is 19.9 Å². The van der Waals surface area contributed by atoms with Gasteiger partial charge < -0.3 is 0 Å². The number of nitrogens with one attached hydrogen (secondary N) is 3. The van der Waals surface area contributed by atoms with Crippen LogP contribution in [0.15, 0.2) is 24.4 Å². The normalized spacial score (nSPS) is 21.1. The number of benzene rings is 1. The topological polar surface area (TPSA) is 131 Å². The molecule has 0 radical (unpaired) electrons. The van der Waals surface area contributed by atoms with Crippen molar-refractivity contribution >= 4 is 41.3 Å². The van der Waals surface area contributed by atoms with Gasteiger partial charge in [0.25, 0.3) is 0 Å². The Labute approximate surface area is 223 Å². The molecule has 4 N–H and O–H groups in total. The molecule has 1 aromatic carbocycles. The van der Waals surface area contributed by atoms with E-state index in [1.807, 2.05) is 18.2 Å². The van der Waals surface area contributed by atoms with E-state index < -0.39 is 7.49 Å². The van der Waals surface area contributed by atoms with E-state index in [9.17, 15) is 10.2 Å². The molecule has 0 bridgehead atoms. The Kier molecular flexibility index (Phi) is 7.10. The molecule has 2 aliphatic heterocycles. The molecule has 2 saturated heterocycles. The maximum atomic E-state index is 11.6. The second kappa shape index (κ2) is 10.7. The van der Waals surface area contributed by atoms with E-state index in [2.05, 4.69) is 31.6 Å². The van der Waals surface area contributed by atoms with Gasteiger partial charge in [0.15, 0.2) is 0 Å². The number of nitriles is 1. The van der Waals surface area contributed by atoms with E-state index in [0.717, 1.165) is 56.2 Å². The Bertz CT molecular complexity index is 1340. The van der Waals surface area contributed by atoms with Crippen LogP contribution in [0.5, 0.6) is 5.75 Å². The van der Waals surface area contributed by atoms with Crippen molar-refractivity contribution in [1.29, 1.82) is 5.26 Å². The molecular weight excluding hydrogens is 501 g/mol. The van der Waals surface area contributed by atoms with Crippen LogP contribution < -0.4 is 20.7 Å². The first kappa shape index (κ1) is 25.3.